The highest BCUT2D eigenvalue weighted by molar-refractivity contribution is 5.96. The summed E-state index contributed by atoms with van der Waals surface area (Å²) >= 11 is 0. The van der Waals surface area contributed by atoms with Gasteiger partial charge in [-0.25, -0.2) is 9.59 Å². The second kappa shape index (κ2) is 7.17. The number of para-hydroxylation sites is 1. The van der Waals surface area contributed by atoms with Crippen LogP contribution in [-0.2, 0) is 4.74 Å². The van der Waals surface area contributed by atoms with E-state index in [0.717, 1.165) is 0 Å². The molecule has 0 aliphatic rings. The molecule has 0 atom stereocenters. The molecule has 0 spiro atoms. The molecular weight excluding hydrogens is 308 g/mol. The van der Waals surface area contributed by atoms with Gasteiger partial charge in [0.15, 0.2) is 0 Å². The van der Waals surface area contributed by atoms with Crippen molar-refractivity contribution < 1.29 is 23.8 Å². The first-order valence-electron chi connectivity index (χ1n) is 7.54. The SMILES string of the molecule is Cc1cccc(OC(=O)OC(C)(C)C)c1C(=O)Oc1ccccc1. The maximum atomic E-state index is 12.5. The van der Waals surface area contributed by atoms with Crippen LogP contribution in [-0.4, -0.2) is 17.7 Å². The van der Waals surface area contributed by atoms with Gasteiger partial charge >= 0.3 is 12.1 Å². The minimum Gasteiger partial charge on any atom is -0.428 e. The summed E-state index contributed by atoms with van der Waals surface area (Å²) in [6, 6.07) is 13.6. The molecule has 5 heteroatoms. The van der Waals surface area contributed by atoms with Gasteiger partial charge in [0.1, 0.15) is 22.7 Å². The Hall–Kier alpha value is -2.82. The molecule has 0 aromatic heterocycles. The van der Waals surface area contributed by atoms with Crippen LogP contribution >= 0.6 is 0 Å². The number of hydrogen-bond acceptors (Lipinski definition) is 5. The lowest BCUT2D eigenvalue weighted by Gasteiger charge is -2.19. The van der Waals surface area contributed by atoms with E-state index in [-0.39, 0.29) is 11.3 Å². The highest BCUT2D eigenvalue weighted by Gasteiger charge is 2.23. The van der Waals surface area contributed by atoms with Crippen molar-refractivity contribution in [3.05, 3.63) is 59.7 Å². The molecule has 2 aromatic carbocycles. The number of carbonyl (C=O) groups excluding carboxylic acids is 2. The van der Waals surface area contributed by atoms with E-state index in [1.165, 1.54) is 6.07 Å². The highest BCUT2D eigenvalue weighted by atomic mass is 16.7. The molecule has 2 rings (SSSR count). The van der Waals surface area contributed by atoms with Gasteiger partial charge < -0.3 is 14.2 Å². The van der Waals surface area contributed by atoms with Gasteiger partial charge in [-0.3, -0.25) is 0 Å². The van der Waals surface area contributed by atoms with E-state index in [4.69, 9.17) is 14.2 Å². The van der Waals surface area contributed by atoms with Gasteiger partial charge in [-0.1, -0.05) is 30.3 Å². The van der Waals surface area contributed by atoms with E-state index in [0.29, 0.717) is 11.3 Å². The summed E-state index contributed by atoms with van der Waals surface area (Å²) < 4.78 is 15.7. The van der Waals surface area contributed by atoms with Crippen molar-refractivity contribution in [3.63, 3.8) is 0 Å². The average molecular weight is 328 g/mol. The number of rotatable bonds is 3. The van der Waals surface area contributed by atoms with Gasteiger partial charge in [-0.05, 0) is 51.5 Å². The van der Waals surface area contributed by atoms with Crippen molar-refractivity contribution >= 4 is 12.1 Å². The first-order chi connectivity index (χ1) is 11.3. The van der Waals surface area contributed by atoms with Crippen molar-refractivity contribution in [1.82, 2.24) is 0 Å². The Balaban J connectivity index is 2.23. The number of carbonyl (C=O) groups is 2. The molecular formula is C19H20O5. The molecule has 2 aromatic rings. The molecule has 5 nitrogen and oxygen atoms in total. The van der Waals surface area contributed by atoms with Gasteiger partial charge in [0.25, 0.3) is 0 Å². The van der Waals surface area contributed by atoms with Crippen LogP contribution in [0, 0.1) is 6.92 Å². The summed E-state index contributed by atoms with van der Waals surface area (Å²) in [4.78, 5) is 24.3. The third-order valence-corrected chi connectivity index (χ3v) is 2.98. The van der Waals surface area contributed by atoms with Crippen molar-refractivity contribution in [2.45, 2.75) is 33.3 Å². The summed E-state index contributed by atoms with van der Waals surface area (Å²) in [6.07, 6.45) is -0.873. The summed E-state index contributed by atoms with van der Waals surface area (Å²) in [5, 5.41) is 0. The molecule has 0 aliphatic heterocycles. The molecule has 0 radical (unpaired) electrons. The van der Waals surface area contributed by atoms with Crippen molar-refractivity contribution in [1.29, 1.82) is 0 Å². The maximum absolute atomic E-state index is 12.5. The average Bonchev–Trinajstić information content (AvgIpc) is 2.46. The normalized spacial score (nSPS) is 10.8. The smallest absolute Gasteiger partial charge is 0.428 e. The minimum atomic E-state index is -0.873. The van der Waals surface area contributed by atoms with E-state index in [1.54, 1.807) is 64.1 Å². The van der Waals surface area contributed by atoms with Crippen molar-refractivity contribution in [2.75, 3.05) is 0 Å². The summed E-state index contributed by atoms with van der Waals surface area (Å²) in [5.74, 6) is -0.0861. The fraction of sp³-hybridized carbons (Fsp3) is 0.263. The van der Waals surface area contributed by atoms with Crippen LogP contribution in [0.4, 0.5) is 4.79 Å². The van der Waals surface area contributed by atoms with Crippen LogP contribution in [0.5, 0.6) is 11.5 Å². The van der Waals surface area contributed by atoms with E-state index in [1.807, 2.05) is 6.07 Å². The Bertz CT molecular complexity index is 729. The first kappa shape index (κ1) is 17.5. The van der Waals surface area contributed by atoms with Crippen LogP contribution < -0.4 is 9.47 Å². The zero-order valence-corrected chi connectivity index (χ0v) is 14.2. The second-order valence-corrected chi connectivity index (χ2v) is 6.22. The number of aryl methyl sites for hydroxylation is 1. The van der Waals surface area contributed by atoms with E-state index >= 15 is 0 Å². The molecule has 0 saturated heterocycles. The molecule has 126 valence electrons. The van der Waals surface area contributed by atoms with Crippen LogP contribution in [0.2, 0.25) is 0 Å². The third-order valence-electron chi connectivity index (χ3n) is 2.98. The molecule has 0 heterocycles. The standard InChI is InChI=1S/C19H20O5/c1-13-9-8-12-15(23-18(21)24-19(2,3)4)16(13)17(20)22-14-10-6-5-7-11-14/h5-12H,1-4H3. The zero-order valence-electron chi connectivity index (χ0n) is 14.2. The van der Waals surface area contributed by atoms with Gasteiger partial charge in [0.2, 0.25) is 0 Å². The Labute approximate surface area is 141 Å². The lowest BCUT2D eigenvalue weighted by atomic mass is 10.1. The van der Waals surface area contributed by atoms with Crippen LogP contribution in [0.25, 0.3) is 0 Å². The second-order valence-electron chi connectivity index (χ2n) is 6.22. The van der Waals surface area contributed by atoms with E-state index in [9.17, 15) is 9.59 Å². The molecule has 0 N–H and O–H groups in total. The van der Waals surface area contributed by atoms with Crippen molar-refractivity contribution in [3.8, 4) is 11.5 Å². The lowest BCUT2D eigenvalue weighted by Crippen LogP contribution is -2.26. The number of ether oxygens (including phenoxy) is 3. The maximum Gasteiger partial charge on any atom is 0.514 e. The van der Waals surface area contributed by atoms with Gasteiger partial charge in [-0.2, -0.15) is 0 Å². The molecule has 24 heavy (non-hydrogen) atoms. The lowest BCUT2D eigenvalue weighted by molar-refractivity contribution is 0.0204. The minimum absolute atomic E-state index is 0.102. The largest absolute Gasteiger partial charge is 0.514 e. The highest BCUT2D eigenvalue weighted by Crippen LogP contribution is 2.25. The van der Waals surface area contributed by atoms with Gasteiger partial charge in [-0.15, -0.1) is 0 Å². The molecule has 0 amide bonds. The third kappa shape index (κ3) is 4.84. The molecule has 0 unspecified atom stereocenters. The summed E-state index contributed by atoms with van der Waals surface area (Å²) in [6.45, 7) is 6.93. The Morgan fingerprint density at radius 1 is 0.875 bits per heavy atom. The van der Waals surface area contributed by atoms with Gasteiger partial charge in [0, 0.05) is 0 Å². The fourth-order valence-corrected chi connectivity index (χ4v) is 1.99. The fourth-order valence-electron chi connectivity index (χ4n) is 1.99. The molecule has 0 aliphatic carbocycles. The number of benzene rings is 2. The topological polar surface area (TPSA) is 61.8 Å². The molecule has 0 bridgehead atoms. The Morgan fingerprint density at radius 2 is 1.54 bits per heavy atom. The molecule has 0 saturated carbocycles. The predicted molar refractivity (Wildman–Crippen MR) is 89.4 cm³/mol. The summed E-state index contributed by atoms with van der Waals surface area (Å²) in [7, 11) is 0. The zero-order chi connectivity index (χ0) is 17.7. The van der Waals surface area contributed by atoms with E-state index in [2.05, 4.69) is 0 Å². The van der Waals surface area contributed by atoms with Gasteiger partial charge in [0.05, 0.1) is 0 Å². The summed E-state index contributed by atoms with van der Waals surface area (Å²) in [5.41, 5.74) is 0.134. The van der Waals surface area contributed by atoms with Crippen LogP contribution in [0.1, 0.15) is 36.7 Å². The van der Waals surface area contributed by atoms with Crippen LogP contribution in [0.15, 0.2) is 48.5 Å². The molecule has 0 fully saturated rings. The van der Waals surface area contributed by atoms with Crippen LogP contribution in [0.3, 0.4) is 0 Å². The first-order valence-corrected chi connectivity index (χ1v) is 7.54. The number of esters is 1. The Kier molecular flexibility index (Phi) is 5.24. The predicted octanol–water partition coefficient (Wildman–Crippen LogP) is 4.53. The Morgan fingerprint density at radius 3 is 2.17 bits per heavy atom. The number of hydrogen-bond donors (Lipinski definition) is 0. The van der Waals surface area contributed by atoms with Crippen molar-refractivity contribution in [2.24, 2.45) is 0 Å². The quantitative estimate of drug-likeness (QED) is 0.471. The monoisotopic (exact) mass is 328 g/mol. The van der Waals surface area contributed by atoms with E-state index < -0.39 is 17.7 Å².